The maximum absolute atomic E-state index is 13.4. The Morgan fingerprint density at radius 2 is 1.61 bits per heavy atom. The van der Waals surface area contributed by atoms with Gasteiger partial charge < -0.3 is 14.7 Å². The molecule has 0 saturated heterocycles. The number of primary sulfonamides is 1. The number of hydrogen-bond acceptors (Lipinski definition) is 6. The number of nitrogens with two attached hydrogens (primary N) is 1. The van der Waals surface area contributed by atoms with Crippen molar-refractivity contribution in [2.24, 2.45) is 10.1 Å². The van der Waals surface area contributed by atoms with Gasteiger partial charge in [-0.2, -0.15) is 13.2 Å². The van der Waals surface area contributed by atoms with Crippen molar-refractivity contribution in [3.05, 3.63) is 54.1 Å². The first-order chi connectivity index (χ1) is 14.1. The Hall–Kier alpha value is -2.84. The molecule has 1 unspecified atom stereocenters. The molecule has 1 atom stereocenters. The number of benzene rings is 2. The zero-order valence-corrected chi connectivity index (χ0v) is 16.0. The van der Waals surface area contributed by atoms with E-state index in [1.807, 2.05) is 0 Å². The highest BCUT2D eigenvalue weighted by molar-refractivity contribution is 7.89. The summed E-state index contributed by atoms with van der Waals surface area (Å²) >= 11 is 0. The molecule has 1 aliphatic rings. The van der Waals surface area contributed by atoms with E-state index in [1.165, 1.54) is 12.1 Å². The Balaban J connectivity index is 2.12. The normalized spacial score (nSPS) is 20.0. The second-order valence-corrected chi connectivity index (χ2v) is 7.95. The van der Waals surface area contributed by atoms with Crippen molar-refractivity contribution >= 4 is 21.5 Å². The summed E-state index contributed by atoms with van der Waals surface area (Å²) in [6, 6.07) is 8.44. The predicted molar refractivity (Wildman–Crippen MR) is 95.8 cm³/mol. The van der Waals surface area contributed by atoms with E-state index in [2.05, 4.69) is 9.73 Å². The van der Waals surface area contributed by atoms with E-state index in [9.17, 15) is 39.9 Å². The molecule has 7 nitrogen and oxygen atoms in total. The second kappa shape index (κ2) is 7.39. The molecule has 168 valence electrons. The van der Waals surface area contributed by atoms with E-state index in [0.29, 0.717) is 0 Å². The number of aliphatic hydroxyl groups is 1. The molecule has 0 saturated carbocycles. The summed E-state index contributed by atoms with van der Waals surface area (Å²) in [5.74, 6) is -1.17. The van der Waals surface area contributed by atoms with Gasteiger partial charge in [0.15, 0.2) is 0 Å². The maximum Gasteiger partial charge on any atom is 0.573 e. The van der Waals surface area contributed by atoms with Crippen LogP contribution in [0.25, 0.3) is 0 Å². The van der Waals surface area contributed by atoms with Crippen molar-refractivity contribution in [3.8, 4) is 5.75 Å². The summed E-state index contributed by atoms with van der Waals surface area (Å²) in [5.41, 5.74) is -4.05. The average molecular weight is 469 g/mol. The van der Waals surface area contributed by atoms with Gasteiger partial charge in [0.2, 0.25) is 10.0 Å². The predicted octanol–water partition coefficient (Wildman–Crippen LogP) is 2.75. The SMILES string of the molecule is NS(=O)(=O)c1ccccc1N1CC(O)(C(F)(F)F)N=C1c1ccc(OC(F)(F)F)cc1. The van der Waals surface area contributed by atoms with Crippen molar-refractivity contribution < 1.29 is 44.6 Å². The number of ether oxygens (including phenoxy) is 1. The van der Waals surface area contributed by atoms with Gasteiger partial charge in [0, 0.05) is 5.56 Å². The van der Waals surface area contributed by atoms with Crippen LogP contribution in [0.1, 0.15) is 5.56 Å². The molecule has 0 radical (unpaired) electrons. The molecule has 31 heavy (non-hydrogen) atoms. The molecule has 0 bridgehead atoms. The lowest BCUT2D eigenvalue weighted by Gasteiger charge is -2.26. The number of aliphatic imine (C=N–C) groups is 1. The van der Waals surface area contributed by atoms with Crippen LogP contribution in [0.4, 0.5) is 32.0 Å². The molecule has 0 fully saturated rings. The molecule has 14 heteroatoms. The third kappa shape index (κ3) is 4.75. The molecule has 0 spiro atoms. The molecule has 3 rings (SSSR count). The fourth-order valence-corrected chi connectivity index (χ4v) is 3.60. The van der Waals surface area contributed by atoms with Crippen LogP contribution in [0.15, 0.2) is 58.4 Å². The van der Waals surface area contributed by atoms with E-state index in [-0.39, 0.29) is 11.3 Å². The molecular formula is C17H13F6N3O4S. The van der Waals surface area contributed by atoms with Crippen LogP contribution in [0.2, 0.25) is 0 Å². The first kappa shape index (κ1) is 22.8. The van der Waals surface area contributed by atoms with Gasteiger partial charge >= 0.3 is 12.5 Å². The van der Waals surface area contributed by atoms with Gasteiger partial charge in [-0.3, -0.25) is 0 Å². The number of sulfonamides is 1. The Kier molecular flexibility index (Phi) is 5.44. The van der Waals surface area contributed by atoms with Gasteiger partial charge in [-0.05, 0) is 36.4 Å². The quantitative estimate of drug-likeness (QED) is 0.671. The largest absolute Gasteiger partial charge is 0.573 e. The highest BCUT2D eigenvalue weighted by atomic mass is 32.2. The Bertz CT molecular complexity index is 1120. The lowest BCUT2D eigenvalue weighted by molar-refractivity contribution is -0.274. The summed E-state index contributed by atoms with van der Waals surface area (Å²) in [4.78, 5) is 3.56. The van der Waals surface area contributed by atoms with Crippen LogP contribution in [-0.4, -0.2) is 44.2 Å². The number of β-amino-alcohol motifs (C(OH)–C–C–N with tert-alkyl or cyclic N) is 1. The highest BCUT2D eigenvalue weighted by Crippen LogP contribution is 2.40. The molecule has 2 aromatic carbocycles. The summed E-state index contributed by atoms with van der Waals surface area (Å²) in [6.45, 7) is -1.21. The van der Waals surface area contributed by atoms with Crippen molar-refractivity contribution in [2.45, 2.75) is 23.2 Å². The van der Waals surface area contributed by atoms with Gasteiger partial charge in [-0.1, -0.05) is 12.1 Å². The van der Waals surface area contributed by atoms with E-state index in [0.717, 1.165) is 41.3 Å². The first-order valence-corrected chi connectivity index (χ1v) is 9.80. The summed E-state index contributed by atoms with van der Waals surface area (Å²) in [6.07, 6.45) is -10.2. The van der Waals surface area contributed by atoms with Crippen LogP contribution in [0, 0.1) is 0 Å². The number of anilines is 1. The molecule has 0 aromatic heterocycles. The van der Waals surface area contributed by atoms with Crippen LogP contribution in [0.3, 0.4) is 0 Å². The Morgan fingerprint density at radius 1 is 1.03 bits per heavy atom. The smallest absolute Gasteiger partial charge is 0.406 e. The molecule has 0 amide bonds. The lowest BCUT2D eigenvalue weighted by atomic mass is 10.1. The van der Waals surface area contributed by atoms with E-state index in [4.69, 9.17) is 5.14 Å². The van der Waals surface area contributed by atoms with E-state index >= 15 is 0 Å². The topological polar surface area (TPSA) is 105 Å². The monoisotopic (exact) mass is 469 g/mol. The maximum atomic E-state index is 13.4. The van der Waals surface area contributed by atoms with Gasteiger partial charge in [-0.15, -0.1) is 13.2 Å². The van der Waals surface area contributed by atoms with Gasteiger partial charge in [0.1, 0.15) is 16.5 Å². The summed E-state index contributed by atoms with van der Waals surface area (Å²) in [5, 5.41) is 15.2. The minimum Gasteiger partial charge on any atom is -0.406 e. The Morgan fingerprint density at radius 3 is 2.13 bits per heavy atom. The standard InChI is InChI=1S/C17H13F6N3O4S/c18-16(19,20)15(27)9-26(12-3-1-2-4-13(12)31(24,28)29)14(25-15)10-5-7-11(8-6-10)30-17(21,22)23/h1-8,27H,9H2,(H2,24,28,29). The number of hydrogen-bond donors (Lipinski definition) is 2. The summed E-state index contributed by atoms with van der Waals surface area (Å²) < 4.78 is 105. The molecule has 3 N–H and O–H groups in total. The molecule has 0 aliphatic carbocycles. The van der Waals surface area contributed by atoms with Crippen LogP contribution in [-0.2, 0) is 10.0 Å². The minimum atomic E-state index is -5.23. The number of halogens is 6. The molecule has 1 heterocycles. The van der Waals surface area contributed by atoms with Crippen LogP contribution >= 0.6 is 0 Å². The number of para-hydroxylation sites is 1. The molecular weight excluding hydrogens is 456 g/mol. The number of alkyl halides is 6. The second-order valence-electron chi connectivity index (χ2n) is 6.42. The number of rotatable bonds is 4. The van der Waals surface area contributed by atoms with Crippen LogP contribution in [0.5, 0.6) is 5.75 Å². The zero-order valence-electron chi connectivity index (χ0n) is 15.1. The van der Waals surface area contributed by atoms with Gasteiger partial charge in [0.25, 0.3) is 5.72 Å². The molecule has 1 aliphatic heterocycles. The fraction of sp³-hybridized carbons (Fsp3) is 0.235. The van der Waals surface area contributed by atoms with Crippen LogP contribution < -0.4 is 14.8 Å². The number of amidine groups is 1. The minimum absolute atomic E-state index is 0.140. The van der Waals surface area contributed by atoms with E-state index < -0.39 is 51.3 Å². The number of nitrogens with zero attached hydrogens (tertiary/aromatic N) is 2. The van der Waals surface area contributed by atoms with Crippen molar-refractivity contribution in [2.75, 3.05) is 11.4 Å². The third-order valence-electron chi connectivity index (χ3n) is 4.19. The average Bonchev–Trinajstić information content (AvgIpc) is 2.99. The van der Waals surface area contributed by atoms with Crippen molar-refractivity contribution in [1.29, 1.82) is 0 Å². The summed E-state index contributed by atoms with van der Waals surface area (Å²) in [7, 11) is -4.38. The van der Waals surface area contributed by atoms with Crippen molar-refractivity contribution in [1.82, 2.24) is 0 Å². The van der Waals surface area contributed by atoms with Gasteiger partial charge in [0.05, 0.1) is 12.2 Å². The highest BCUT2D eigenvalue weighted by Gasteiger charge is 2.59. The third-order valence-corrected chi connectivity index (χ3v) is 5.15. The van der Waals surface area contributed by atoms with Crippen molar-refractivity contribution in [3.63, 3.8) is 0 Å². The lowest BCUT2D eigenvalue weighted by Crippen LogP contribution is -2.48. The van der Waals surface area contributed by atoms with E-state index in [1.54, 1.807) is 0 Å². The Labute approximate surface area is 171 Å². The van der Waals surface area contributed by atoms with Gasteiger partial charge in [-0.25, -0.2) is 18.5 Å². The molecule has 2 aromatic rings. The fourth-order valence-electron chi connectivity index (χ4n) is 2.87. The first-order valence-electron chi connectivity index (χ1n) is 8.25. The zero-order chi connectivity index (χ0) is 23.2.